The molecule has 190 valence electrons. The van der Waals surface area contributed by atoms with Crippen molar-refractivity contribution in [3.63, 3.8) is 0 Å². The summed E-state index contributed by atoms with van der Waals surface area (Å²) in [5.41, 5.74) is 3.89. The van der Waals surface area contributed by atoms with Crippen LogP contribution in [0.1, 0.15) is 51.5 Å². The van der Waals surface area contributed by atoms with Crippen molar-refractivity contribution in [3.8, 4) is 0 Å². The van der Waals surface area contributed by atoms with Gasteiger partial charge in [0, 0.05) is 31.6 Å². The van der Waals surface area contributed by atoms with Gasteiger partial charge in [-0.25, -0.2) is 4.39 Å². The number of hydrazone groups is 1. The zero-order valence-electron chi connectivity index (χ0n) is 20.1. The number of carbonyl (C=O) groups is 3. The number of rotatable bonds is 8. The van der Waals surface area contributed by atoms with Gasteiger partial charge in [0.1, 0.15) is 5.82 Å². The molecule has 4 rings (SSSR count). The molecule has 1 saturated carbocycles. The zero-order valence-corrected chi connectivity index (χ0v) is 20.9. The number of amides is 3. The van der Waals surface area contributed by atoms with Crippen LogP contribution in [-0.4, -0.2) is 63.4 Å². The maximum Gasteiger partial charge on any atom is 0.230 e. The second kappa shape index (κ2) is 11.3. The number of amidine groups is 1. The third kappa shape index (κ3) is 6.06. The van der Waals surface area contributed by atoms with E-state index in [1.165, 1.54) is 23.9 Å². The Morgan fingerprint density at radius 1 is 1.20 bits per heavy atom. The molecule has 3 N–H and O–H groups in total. The molecule has 3 atom stereocenters. The monoisotopic (exact) mass is 504 g/mol. The molecular weight excluding hydrogens is 471 g/mol. The van der Waals surface area contributed by atoms with E-state index in [0.29, 0.717) is 18.3 Å². The molecule has 2 aliphatic heterocycles. The van der Waals surface area contributed by atoms with E-state index in [2.05, 4.69) is 26.1 Å². The van der Waals surface area contributed by atoms with Gasteiger partial charge in [-0.15, -0.1) is 0 Å². The molecule has 1 aromatic rings. The van der Waals surface area contributed by atoms with Crippen molar-refractivity contribution >= 4 is 34.7 Å². The fraction of sp³-hybridized carbons (Fsp3) is 0.583. The van der Waals surface area contributed by atoms with Gasteiger partial charge in [0.2, 0.25) is 17.7 Å². The van der Waals surface area contributed by atoms with Crippen LogP contribution in [0.5, 0.6) is 0 Å². The Morgan fingerprint density at radius 3 is 2.69 bits per heavy atom. The fourth-order valence-electron chi connectivity index (χ4n) is 4.89. The number of nitrogens with one attached hydrogen (secondary N) is 3. The molecule has 1 aromatic carbocycles. The van der Waals surface area contributed by atoms with Crippen molar-refractivity contribution in [2.24, 2.45) is 11.0 Å². The molecule has 0 bridgehead atoms. The van der Waals surface area contributed by atoms with Crippen LogP contribution in [-0.2, 0) is 20.9 Å². The first-order chi connectivity index (χ1) is 16.8. The third-order valence-corrected chi connectivity index (χ3v) is 7.47. The number of benzene rings is 1. The van der Waals surface area contributed by atoms with Crippen LogP contribution in [0.2, 0.25) is 0 Å². The van der Waals surface area contributed by atoms with Crippen molar-refractivity contribution in [2.45, 2.75) is 70.9 Å². The summed E-state index contributed by atoms with van der Waals surface area (Å²) in [7, 11) is 0. The Labute approximate surface area is 209 Å². The first-order valence-corrected chi connectivity index (χ1v) is 13.2. The van der Waals surface area contributed by atoms with Gasteiger partial charge in [-0.3, -0.25) is 19.8 Å². The van der Waals surface area contributed by atoms with Gasteiger partial charge in [-0.1, -0.05) is 36.7 Å². The number of hydrogen-bond donors (Lipinski definition) is 3. The Morgan fingerprint density at radius 2 is 1.94 bits per heavy atom. The van der Waals surface area contributed by atoms with Gasteiger partial charge in [0.15, 0.2) is 11.5 Å². The molecule has 35 heavy (non-hydrogen) atoms. The van der Waals surface area contributed by atoms with E-state index < -0.39 is 6.29 Å². The molecule has 2 fully saturated rings. The molecule has 1 saturated heterocycles. The predicted molar refractivity (Wildman–Crippen MR) is 132 cm³/mol. The number of hydrogen-bond acceptors (Lipinski definition) is 7. The molecule has 3 aliphatic rings. The van der Waals surface area contributed by atoms with Crippen LogP contribution < -0.4 is 16.1 Å². The average Bonchev–Trinajstić information content (AvgIpc) is 3.26. The summed E-state index contributed by atoms with van der Waals surface area (Å²) in [5.74, 6) is -0.442. The summed E-state index contributed by atoms with van der Waals surface area (Å²) in [6.45, 7) is 4.44. The topological polar surface area (TPSA) is 106 Å². The molecule has 2 heterocycles. The standard InChI is InChI=1S/C24H33FN6O3S/c1-15(2)27-20(32)11-12-30-22(34)18-5-3-4-6-19(18)31-23(30)28-29-24(31)35-14-21(33)26-13-16-7-9-17(25)10-8-16/h7-10,15,18-19,23,28H,3-6,11-14H2,1-2H3,(H,26,33)(H,27,32). The van der Waals surface area contributed by atoms with E-state index in [-0.39, 0.29) is 53.7 Å². The lowest BCUT2D eigenvalue weighted by Crippen LogP contribution is -2.67. The minimum atomic E-state index is -0.446. The van der Waals surface area contributed by atoms with Crippen molar-refractivity contribution in [1.29, 1.82) is 0 Å². The fourth-order valence-corrected chi connectivity index (χ4v) is 5.75. The largest absolute Gasteiger partial charge is 0.354 e. The summed E-state index contributed by atoms with van der Waals surface area (Å²) < 4.78 is 13.1. The summed E-state index contributed by atoms with van der Waals surface area (Å²) in [6.07, 6.45) is 3.54. The van der Waals surface area contributed by atoms with Crippen LogP contribution in [0, 0.1) is 11.7 Å². The molecule has 11 heteroatoms. The van der Waals surface area contributed by atoms with Crippen LogP contribution in [0.4, 0.5) is 4.39 Å². The minimum Gasteiger partial charge on any atom is -0.354 e. The van der Waals surface area contributed by atoms with Crippen molar-refractivity contribution < 1.29 is 18.8 Å². The Hall–Kier alpha value is -2.82. The second-order valence-electron chi connectivity index (χ2n) is 9.46. The lowest BCUT2D eigenvalue weighted by Gasteiger charge is -2.50. The summed E-state index contributed by atoms with van der Waals surface area (Å²) in [5, 5.41) is 10.9. The van der Waals surface area contributed by atoms with E-state index in [4.69, 9.17) is 0 Å². The van der Waals surface area contributed by atoms with Gasteiger partial charge < -0.3 is 20.4 Å². The highest BCUT2D eigenvalue weighted by atomic mass is 32.2. The molecule has 0 aromatic heterocycles. The number of fused-ring (bicyclic) bond motifs is 3. The molecule has 1 aliphatic carbocycles. The van der Waals surface area contributed by atoms with Gasteiger partial charge in [-0.05, 0) is 44.4 Å². The van der Waals surface area contributed by atoms with E-state index in [1.54, 1.807) is 17.0 Å². The van der Waals surface area contributed by atoms with E-state index in [0.717, 1.165) is 31.2 Å². The first-order valence-electron chi connectivity index (χ1n) is 12.2. The molecule has 0 radical (unpaired) electrons. The van der Waals surface area contributed by atoms with Gasteiger partial charge in [0.05, 0.1) is 11.7 Å². The van der Waals surface area contributed by atoms with Crippen molar-refractivity contribution in [1.82, 2.24) is 25.9 Å². The number of carbonyl (C=O) groups excluding carboxylic acids is 3. The average molecular weight is 505 g/mol. The zero-order chi connectivity index (χ0) is 24.9. The highest BCUT2D eigenvalue weighted by Crippen LogP contribution is 2.38. The smallest absolute Gasteiger partial charge is 0.230 e. The van der Waals surface area contributed by atoms with E-state index in [1.807, 2.05) is 13.8 Å². The Balaban J connectivity index is 1.37. The Bertz CT molecular complexity index is 973. The normalized spacial score (nSPS) is 23.4. The Kier molecular flexibility index (Phi) is 8.15. The third-order valence-electron chi connectivity index (χ3n) is 6.51. The number of thioether (sulfide) groups is 1. The van der Waals surface area contributed by atoms with Crippen LogP contribution in [0.3, 0.4) is 0 Å². The number of halogens is 1. The number of nitrogens with zero attached hydrogens (tertiary/aromatic N) is 3. The van der Waals surface area contributed by atoms with Gasteiger partial charge in [-0.2, -0.15) is 5.10 Å². The van der Waals surface area contributed by atoms with Crippen molar-refractivity contribution in [2.75, 3.05) is 12.3 Å². The summed E-state index contributed by atoms with van der Waals surface area (Å²) >= 11 is 1.33. The summed E-state index contributed by atoms with van der Waals surface area (Å²) in [6, 6.07) is 6.09. The van der Waals surface area contributed by atoms with Gasteiger partial charge >= 0.3 is 0 Å². The highest BCUT2D eigenvalue weighted by molar-refractivity contribution is 8.14. The second-order valence-corrected chi connectivity index (χ2v) is 10.4. The van der Waals surface area contributed by atoms with E-state index in [9.17, 15) is 18.8 Å². The lowest BCUT2D eigenvalue weighted by atomic mass is 9.81. The highest BCUT2D eigenvalue weighted by Gasteiger charge is 2.50. The molecule has 9 nitrogen and oxygen atoms in total. The van der Waals surface area contributed by atoms with Crippen LogP contribution >= 0.6 is 11.8 Å². The molecule has 3 amide bonds. The minimum absolute atomic E-state index is 0.0329. The van der Waals surface area contributed by atoms with Crippen LogP contribution in [0.15, 0.2) is 29.4 Å². The first kappa shape index (κ1) is 25.3. The SMILES string of the molecule is CC(C)NC(=O)CCN1C(=O)C2CCCCC2N2C(SCC(=O)NCc3ccc(F)cc3)=NNC12. The lowest BCUT2D eigenvalue weighted by molar-refractivity contribution is -0.155. The quantitative estimate of drug-likeness (QED) is 0.500. The molecule has 3 unspecified atom stereocenters. The van der Waals surface area contributed by atoms with E-state index >= 15 is 0 Å². The molecular formula is C24H33FN6O3S. The van der Waals surface area contributed by atoms with Gasteiger partial charge in [0.25, 0.3) is 0 Å². The maximum absolute atomic E-state index is 13.3. The van der Waals surface area contributed by atoms with Crippen LogP contribution in [0.25, 0.3) is 0 Å². The molecule has 0 spiro atoms. The maximum atomic E-state index is 13.3. The van der Waals surface area contributed by atoms with Crippen molar-refractivity contribution in [3.05, 3.63) is 35.6 Å². The summed E-state index contributed by atoms with van der Waals surface area (Å²) in [4.78, 5) is 41.9. The predicted octanol–water partition coefficient (Wildman–Crippen LogP) is 1.95.